The van der Waals surface area contributed by atoms with Crippen molar-refractivity contribution in [1.29, 1.82) is 0 Å². The Kier molecular flexibility index (Phi) is 6.11. The minimum absolute atomic E-state index is 0.0850. The normalized spacial score (nSPS) is 13.7. The van der Waals surface area contributed by atoms with E-state index in [1.807, 2.05) is 13.8 Å². The molecule has 0 aliphatic heterocycles. The van der Waals surface area contributed by atoms with E-state index in [1.165, 1.54) is 22.5 Å². The summed E-state index contributed by atoms with van der Waals surface area (Å²) in [5, 5.41) is 8.62. The Balaban J connectivity index is 3.19. The molecular weight excluding hydrogens is 290 g/mol. The lowest BCUT2D eigenvalue weighted by molar-refractivity contribution is -0.131. The average molecular weight is 311 g/mol. The van der Waals surface area contributed by atoms with E-state index in [0.717, 1.165) is 12.5 Å². The average Bonchev–Trinajstić information content (AvgIpc) is 2.45. The second-order valence-corrected chi connectivity index (χ2v) is 6.60. The first-order chi connectivity index (χ1) is 9.82. The summed E-state index contributed by atoms with van der Waals surface area (Å²) >= 11 is 0. The van der Waals surface area contributed by atoms with Gasteiger partial charge in [0.2, 0.25) is 10.0 Å². The molecule has 1 unspecified atom stereocenters. The number of carbonyl (C=O) groups is 1. The zero-order chi connectivity index (χ0) is 16.0. The molecule has 0 aliphatic carbocycles. The smallest absolute Gasteiger partial charge is 0.328 e. The van der Waals surface area contributed by atoms with Crippen molar-refractivity contribution in [3.63, 3.8) is 0 Å². The van der Waals surface area contributed by atoms with Crippen LogP contribution in [0.25, 0.3) is 6.08 Å². The second-order valence-electron chi connectivity index (χ2n) is 4.71. The fraction of sp³-hybridized carbons (Fsp3) is 0.400. The highest BCUT2D eigenvalue weighted by Crippen LogP contribution is 2.20. The molecule has 0 spiro atoms. The van der Waals surface area contributed by atoms with E-state index in [4.69, 9.17) is 5.11 Å². The van der Waals surface area contributed by atoms with Crippen molar-refractivity contribution in [3.05, 3.63) is 35.9 Å². The molecule has 21 heavy (non-hydrogen) atoms. The molecule has 0 heterocycles. The maximum Gasteiger partial charge on any atom is 0.328 e. The predicted octanol–water partition coefficient (Wildman–Crippen LogP) is 2.59. The van der Waals surface area contributed by atoms with E-state index in [0.29, 0.717) is 12.1 Å². The number of carboxylic acid groups (broad SMARTS) is 1. The minimum atomic E-state index is -3.57. The van der Waals surface area contributed by atoms with Crippen molar-refractivity contribution in [2.75, 3.05) is 6.54 Å². The van der Waals surface area contributed by atoms with Crippen molar-refractivity contribution in [2.24, 2.45) is 0 Å². The highest BCUT2D eigenvalue weighted by atomic mass is 32.2. The molecule has 0 bridgehead atoms. The van der Waals surface area contributed by atoms with Gasteiger partial charge < -0.3 is 5.11 Å². The van der Waals surface area contributed by atoms with Gasteiger partial charge in [-0.15, -0.1) is 0 Å². The third kappa shape index (κ3) is 4.41. The quantitative estimate of drug-likeness (QED) is 0.785. The molecule has 0 saturated carbocycles. The zero-order valence-corrected chi connectivity index (χ0v) is 13.3. The third-order valence-electron chi connectivity index (χ3n) is 3.28. The number of carboxylic acids is 1. The van der Waals surface area contributed by atoms with E-state index in [9.17, 15) is 13.2 Å². The first-order valence-electron chi connectivity index (χ1n) is 6.85. The number of benzene rings is 1. The van der Waals surface area contributed by atoms with Crippen molar-refractivity contribution in [1.82, 2.24) is 4.31 Å². The summed E-state index contributed by atoms with van der Waals surface area (Å²) < 4.78 is 26.7. The largest absolute Gasteiger partial charge is 0.478 e. The molecule has 1 N–H and O–H groups in total. The Bertz CT molecular complexity index is 622. The highest BCUT2D eigenvalue weighted by molar-refractivity contribution is 7.89. The van der Waals surface area contributed by atoms with Crippen molar-refractivity contribution < 1.29 is 18.3 Å². The van der Waals surface area contributed by atoms with Gasteiger partial charge in [-0.1, -0.05) is 26.0 Å². The van der Waals surface area contributed by atoms with E-state index in [2.05, 4.69) is 0 Å². The fourth-order valence-electron chi connectivity index (χ4n) is 2.00. The lowest BCUT2D eigenvalue weighted by atomic mass is 10.2. The molecule has 1 aromatic rings. The van der Waals surface area contributed by atoms with Crippen LogP contribution in [0.1, 0.15) is 32.8 Å². The van der Waals surface area contributed by atoms with Crippen LogP contribution >= 0.6 is 0 Å². The molecule has 0 amide bonds. The van der Waals surface area contributed by atoms with Gasteiger partial charge in [-0.05, 0) is 37.1 Å². The summed E-state index contributed by atoms with van der Waals surface area (Å²) in [7, 11) is -3.57. The molecule has 6 heteroatoms. The Morgan fingerprint density at radius 2 is 2.05 bits per heavy atom. The summed E-state index contributed by atoms with van der Waals surface area (Å²) in [5.74, 6) is -1.07. The van der Waals surface area contributed by atoms with E-state index < -0.39 is 16.0 Å². The Hall–Kier alpha value is -1.66. The number of hydrogen-bond donors (Lipinski definition) is 1. The molecule has 1 atom stereocenters. The van der Waals surface area contributed by atoms with Crippen LogP contribution in [0.15, 0.2) is 35.2 Å². The third-order valence-corrected chi connectivity index (χ3v) is 5.36. The van der Waals surface area contributed by atoms with Crippen LogP contribution in [0.5, 0.6) is 0 Å². The second kappa shape index (κ2) is 7.38. The van der Waals surface area contributed by atoms with Crippen LogP contribution < -0.4 is 0 Å². The molecule has 0 saturated heterocycles. The number of rotatable bonds is 7. The van der Waals surface area contributed by atoms with Gasteiger partial charge in [0, 0.05) is 18.7 Å². The number of nitrogens with zero attached hydrogens (tertiary/aromatic N) is 1. The molecule has 0 fully saturated rings. The van der Waals surface area contributed by atoms with Gasteiger partial charge in [0.1, 0.15) is 0 Å². The highest BCUT2D eigenvalue weighted by Gasteiger charge is 2.26. The fourth-order valence-corrected chi connectivity index (χ4v) is 3.77. The van der Waals surface area contributed by atoms with Crippen molar-refractivity contribution in [2.45, 2.75) is 38.1 Å². The summed E-state index contributed by atoms with van der Waals surface area (Å²) in [6, 6.07) is 6.20. The van der Waals surface area contributed by atoms with Gasteiger partial charge in [-0.25, -0.2) is 13.2 Å². The van der Waals surface area contributed by atoms with Crippen LogP contribution in [0.3, 0.4) is 0 Å². The molecule has 0 aliphatic rings. The molecule has 1 rings (SSSR count). The summed E-state index contributed by atoms with van der Waals surface area (Å²) in [6.45, 7) is 6.01. The summed E-state index contributed by atoms with van der Waals surface area (Å²) in [6.07, 6.45) is 3.09. The van der Waals surface area contributed by atoms with Gasteiger partial charge >= 0.3 is 5.97 Å². The number of aliphatic carboxylic acids is 1. The van der Waals surface area contributed by atoms with Crippen LogP contribution in [0.2, 0.25) is 0 Å². The monoisotopic (exact) mass is 311 g/mol. The predicted molar refractivity (Wildman–Crippen MR) is 82.4 cm³/mol. The first-order valence-corrected chi connectivity index (χ1v) is 8.29. The van der Waals surface area contributed by atoms with Crippen molar-refractivity contribution >= 4 is 22.1 Å². The number of sulfonamides is 1. The van der Waals surface area contributed by atoms with Gasteiger partial charge in [0.15, 0.2) is 0 Å². The molecule has 116 valence electrons. The number of hydrogen-bond acceptors (Lipinski definition) is 3. The van der Waals surface area contributed by atoms with Crippen LogP contribution in [0, 0.1) is 0 Å². The first kappa shape index (κ1) is 17.4. The lowest BCUT2D eigenvalue weighted by Crippen LogP contribution is -2.38. The Morgan fingerprint density at radius 3 is 2.57 bits per heavy atom. The molecule has 1 aromatic carbocycles. The van der Waals surface area contributed by atoms with Gasteiger partial charge in [-0.3, -0.25) is 0 Å². The molecule has 0 aromatic heterocycles. The molecular formula is C15H21NO4S. The van der Waals surface area contributed by atoms with E-state index >= 15 is 0 Å². The molecule has 0 radical (unpaired) electrons. The topological polar surface area (TPSA) is 74.7 Å². The van der Waals surface area contributed by atoms with Gasteiger partial charge in [0.25, 0.3) is 0 Å². The van der Waals surface area contributed by atoms with Crippen molar-refractivity contribution in [3.8, 4) is 0 Å². The SMILES string of the molecule is CCC(C)N(CC)S(=O)(=O)c1cccc(C=CC(=O)O)c1. The van der Waals surface area contributed by atoms with Crippen LogP contribution in [-0.4, -0.2) is 36.4 Å². The lowest BCUT2D eigenvalue weighted by Gasteiger charge is -2.26. The summed E-state index contributed by atoms with van der Waals surface area (Å²) in [4.78, 5) is 10.7. The maximum atomic E-state index is 12.6. The van der Waals surface area contributed by atoms with Crippen LogP contribution in [-0.2, 0) is 14.8 Å². The summed E-state index contributed by atoms with van der Waals surface area (Å²) in [5.41, 5.74) is 0.540. The van der Waals surface area contributed by atoms with Crippen LogP contribution in [0.4, 0.5) is 0 Å². The molecule has 5 nitrogen and oxygen atoms in total. The standard InChI is InChI=1S/C15H21NO4S/c1-4-12(3)16(5-2)21(19,20)14-8-6-7-13(11-14)9-10-15(17)18/h6-12H,4-5H2,1-3H3,(H,17,18). The van der Waals surface area contributed by atoms with E-state index in [-0.39, 0.29) is 10.9 Å². The van der Waals surface area contributed by atoms with E-state index in [1.54, 1.807) is 19.1 Å². The van der Waals surface area contributed by atoms with Gasteiger partial charge in [-0.2, -0.15) is 4.31 Å². The Labute approximate surface area is 126 Å². The van der Waals surface area contributed by atoms with Gasteiger partial charge in [0.05, 0.1) is 4.90 Å². The zero-order valence-electron chi connectivity index (χ0n) is 12.5. The Morgan fingerprint density at radius 1 is 1.38 bits per heavy atom. The minimum Gasteiger partial charge on any atom is -0.478 e. The maximum absolute atomic E-state index is 12.6.